The van der Waals surface area contributed by atoms with E-state index in [1.165, 1.54) is 5.56 Å². The van der Waals surface area contributed by atoms with E-state index >= 15 is 0 Å². The number of para-hydroxylation sites is 1. The van der Waals surface area contributed by atoms with E-state index in [0.717, 1.165) is 30.8 Å². The molecule has 0 unspecified atom stereocenters. The van der Waals surface area contributed by atoms with E-state index in [1.807, 2.05) is 40.8 Å². The fourth-order valence-electron chi connectivity index (χ4n) is 2.95. The van der Waals surface area contributed by atoms with Gasteiger partial charge in [0.15, 0.2) is 0 Å². The zero-order valence-electron chi connectivity index (χ0n) is 12.9. The summed E-state index contributed by atoms with van der Waals surface area (Å²) in [7, 11) is 0. The van der Waals surface area contributed by atoms with Crippen LogP contribution in [0.2, 0.25) is 0 Å². The van der Waals surface area contributed by atoms with Crippen LogP contribution in [0.5, 0.6) is 0 Å². The van der Waals surface area contributed by atoms with Gasteiger partial charge >= 0.3 is 0 Å². The summed E-state index contributed by atoms with van der Waals surface area (Å²) in [5.74, 6) is 1.06. The molecule has 1 aliphatic carbocycles. The van der Waals surface area contributed by atoms with Crippen LogP contribution >= 0.6 is 11.8 Å². The van der Waals surface area contributed by atoms with Gasteiger partial charge in [0.2, 0.25) is 0 Å². The van der Waals surface area contributed by atoms with Crippen molar-refractivity contribution in [1.82, 2.24) is 15.1 Å². The van der Waals surface area contributed by atoms with E-state index < -0.39 is 5.60 Å². The molecule has 1 aromatic heterocycles. The van der Waals surface area contributed by atoms with Crippen molar-refractivity contribution in [3.8, 4) is 5.69 Å². The molecule has 118 valence electrons. The highest BCUT2D eigenvalue weighted by Gasteiger charge is 2.44. The monoisotopic (exact) mass is 317 g/mol. The van der Waals surface area contributed by atoms with Gasteiger partial charge in [-0.3, -0.25) is 0 Å². The molecule has 0 aliphatic heterocycles. The van der Waals surface area contributed by atoms with Crippen LogP contribution in [0, 0.1) is 0 Å². The topological polar surface area (TPSA) is 50.1 Å². The number of thioether (sulfide) groups is 1. The van der Waals surface area contributed by atoms with Crippen LogP contribution in [0.15, 0.2) is 42.7 Å². The third kappa shape index (κ3) is 3.21. The number of nitrogens with one attached hydrogen (secondary N) is 1. The number of nitrogens with zero attached hydrogens (tertiary/aromatic N) is 2. The molecule has 1 saturated carbocycles. The highest BCUT2D eigenvalue weighted by molar-refractivity contribution is 8.00. The minimum Gasteiger partial charge on any atom is -0.387 e. The van der Waals surface area contributed by atoms with Crippen LogP contribution in [0.25, 0.3) is 5.69 Å². The zero-order chi connectivity index (χ0) is 15.4. The highest BCUT2D eigenvalue weighted by Crippen LogP contribution is 2.40. The molecule has 2 atom stereocenters. The third-order valence-corrected chi connectivity index (χ3v) is 5.71. The van der Waals surface area contributed by atoms with Crippen LogP contribution in [0.1, 0.15) is 25.3 Å². The van der Waals surface area contributed by atoms with Gasteiger partial charge in [0.1, 0.15) is 0 Å². The molecule has 3 rings (SSSR count). The van der Waals surface area contributed by atoms with E-state index in [-0.39, 0.29) is 0 Å². The first kappa shape index (κ1) is 15.6. The summed E-state index contributed by atoms with van der Waals surface area (Å²) in [6.45, 7) is 3.54. The van der Waals surface area contributed by atoms with Crippen LogP contribution < -0.4 is 5.32 Å². The molecule has 2 aromatic rings. The zero-order valence-corrected chi connectivity index (χ0v) is 13.7. The Kier molecular flexibility index (Phi) is 4.86. The summed E-state index contributed by atoms with van der Waals surface area (Å²) in [5, 5.41) is 18.7. The van der Waals surface area contributed by atoms with Crippen molar-refractivity contribution in [1.29, 1.82) is 0 Å². The van der Waals surface area contributed by atoms with Gasteiger partial charge < -0.3 is 10.4 Å². The van der Waals surface area contributed by atoms with Crippen LogP contribution in [0.3, 0.4) is 0 Å². The lowest BCUT2D eigenvalue weighted by Gasteiger charge is -2.45. The number of hydrogen-bond acceptors (Lipinski definition) is 4. The average molecular weight is 317 g/mol. The van der Waals surface area contributed by atoms with Crippen LogP contribution in [-0.2, 0) is 6.54 Å². The second-order valence-corrected chi connectivity index (χ2v) is 7.25. The molecule has 4 nitrogen and oxygen atoms in total. The molecular formula is C17H23N3OS. The van der Waals surface area contributed by atoms with E-state index in [2.05, 4.69) is 29.5 Å². The second-order valence-electron chi connectivity index (χ2n) is 5.77. The SMILES string of the molecule is CCS[C@@H]1CC[C@@]1(O)CNCc1ccccc1-n1cccn1. The fourth-order valence-corrected chi connectivity index (χ4v) is 4.14. The summed E-state index contributed by atoms with van der Waals surface area (Å²) in [6, 6.07) is 10.2. The average Bonchev–Trinajstić information content (AvgIpc) is 3.06. The predicted octanol–water partition coefficient (Wildman–Crippen LogP) is 2.61. The van der Waals surface area contributed by atoms with Crippen LogP contribution in [0.4, 0.5) is 0 Å². The Labute approximate surface area is 135 Å². The lowest BCUT2D eigenvalue weighted by Crippen LogP contribution is -2.56. The van der Waals surface area contributed by atoms with E-state index in [9.17, 15) is 5.11 Å². The maximum absolute atomic E-state index is 10.6. The van der Waals surface area contributed by atoms with Gasteiger partial charge in [-0.25, -0.2) is 4.68 Å². The van der Waals surface area contributed by atoms with Crippen molar-refractivity contribution in [3.63, 3.8) is 0 Å². The van der Waals surface area contributed by atoms with Gasteiger partial charge in [0, 0.05) is 30.7 Å². The Morgan fingerprint density at radius 3 is 2.95 bits per heavy atom. The first-order chi connectivity index (χ1) is 10.7. The predicted molar refractivity (Wildman–Crippen MR) is 91.4 cm³/mol. The molecule has 0 saturated heterocycles. The maximum atomic E-state index is 10.6. The summed E-state index contributed by atoms with van der Waals surface area (Å²) in [6.07, 6.45) is 5.76. The molecule has 0 spiro atoms. The minimum absolute atomic E-state index is 0.381. The molecule has 5 heteroatoms. The van der Waals surface area contributed by atoms with Crippen molar-refractivity contribution in [2.75, 3.05) is 12.3 Å². The van der Waals surface area contributed by atoms with Gasteiger partial charge in [-0.2, -0.15) is 16.9 Å². The molecule has 1 heterocycles. The molecule has 22 heavy (non-hydrogen) atoms. The first-order valence-corrected chi connectivity index (χ1v) is 8.90. The Balaban J connectivity index is 1.61. The second kappa shape index (κ2) is 6.86. The van der Waals surface area contributed by atoms with Crippen molar-refractivity contribution in [3.05, 3.63) is 48.3 Å². The summed E-state index contributed by atoms with van der Waals surface area (Å²) in [4.78, 5) is 0. The fraction of sp³-hybridized carbons (Fsp3) is 0.471. The van der Waals surface area contributed by atoms with Gasteiger partial charge in [-0.1, -0.05) is 25.1 Å². The molecular weight excluding hydrogens is 294 g/mol. The molecule has 0 bridgehead atoms. The molecule has 0 amide bonds. The molecule has 2 N–H and O–H groups in total. The summed E-state index contributed by atoms with van der Waals surface area (Å²) >= 11 is 1.87. The Morgan fingerprint density at radius 1 is 1.41 bits per heavy atom. The standard InChI is InChI=1S/C17H23N3OS/c1-2-22-16-8-9-17(16,21)13-18-12-14-6-3-4-7-15(14)20-11-5-10-19-20/h3-7,10-11,16,18,21H,2,8-9,12-13H2,1H3/t16-,17-/m1/s1. The largest absolute Gasteiger partial charge is 0.387 e. The van der Waals surface area contributed by atoms with Gasteiger partial charge in [0.25, 0.3) is 0 Å². The molecule has 1 aliphatic rings. The molecule has 1 aromatic carbocycles. The minimum atomic E-state index is -0.540. The number of aliphatic hydroxyl groups is 1. The van der Waals surface area contributed by atoms with E-state index in [4.69, 9.17) is 0 Å². The lowest BCUT2D eigenvalue weighted by atomic mass is 9.79. The van der Waals surface area contributed by atoms with Crippen molar-refractivity contribution < 1.29 is 5.11 Å². The molecule has 1 fully saturated rings. The van der Waals surface area contributed by atoms with Crippen LogP contribution in [-0.4, -0.2) is 38.0 Å². The van der Waals surface area contributed by atoms with Gasteiger partial charge in [-0.15, -0.1) is 0 Å². The third-order valence-electron chi connectivity index (χ3n) is 4.30. The Hall–Kier alpha value is -1.30. The lowest BCUT2D eigenvalue weighted by molar-refractivity contribution is -0.0234. The maximum Gasteiger partial charge on any atom is 0.0889 e. The first-order valence-electron chi connectivity index (χ1n) is 7.85. The van der Waals surface area contributed by atoms with E-state index in [0.29, 0.717) is 11.8 Å². The Bertz CT molecular complexity index is 602. The van der Waals surface area contributed by atoms with Crippen molar-refractivity contribution in [2.45, 2.75) is 37.2 Å². The highest BCUT2D eigenvalue weighted by atomic mass is 32.2. The smallest absolute Gasteiger partial charge is 0.0889 e. The Morgan fingerprint density at radius 2 is 2.27 bits per heavy atom. The number of benzene rings is 1. The number of aromatic nitrogens is 2. The summed E-state index contributed by atoms with van der Waals surface area (Å²) in [5.41, 5.74) is 1.73. The van der Waals surface area contributed by atoms with Crippen molar-refractivity contribution >= 4 is 11.8 Å². The summed E-state index contributed by atoms with van der Waals surface area (Å²) < 4.78 is 1.88. The van der Waals surface area contributed by atoms with Gasteiger partial charge in [-0.05, 0) is 36.3 Å². The number of hydrogen-bond donors (Lipinski definition) is 2. The quantitative estimate of drug-likeness (QED) is 0.824. The van der Waals surface area contributed by atoms with E-state index in [1.54, 1.807) is 6.20 Å². The van der Waals surface area contributed by atoms with Crippen molar-refractivity contribution in [2.24, 2.45) is 0 Å². The van der Waals surface area contributed by atoms with Gasteiger partial charge in [0.05, 0.1) is 11.3 Å². The number of rotatable bonds is 7. The molecule has 0 radical (unpaired) electrons. The normalized spacial score (nSPS) is 24.2.